The zero-order valence-electron chi connectivity index (χ0n) is 9.99. The van der Waals surface area contributed by atoms with E-state index in [1.54, 1.807) is 0 Å². The highest BCUT2D eigenvalue weighted by Crippen LogP contribution is 2.30. The number of rotatable bonds is 5. The van der Waals surface area contributed by atoms with Gasteiger partial charge in [0.1, 0.15) is 0 Å². The molecule has 0 radical (unpaired) electrons. The average Bonchev–Trinajstić information content (AvgIpc) is 2.15. The fourth-order valence-electron chi connectivity index (χ4n) is 2.42. The van der Waals surface area contributed by atoms with Crippen molar-refractivity contribution in [3.05, 3.63) is 0 Å². The maximum Gasteiger partial charge on any atom is 0.319 e. The van der Waals surface area contributed by atoms with Crippen LogP contribution in [0.15, 0.2) is 0 Å². The molecule has 0 bridgehead atoms. The minimum absolute atomic E-state index is 0.166. The van der Waals surface area contributed by atoms with E-state index in [9.17, 15) is 17.6 Å². The van der Waals surface area contributed by atoms with Crippen molar-refractivity contribution in [1.82, 2.24) is 5.32 Å². The van der Waals surface area contributed by atoms with Gasteiger partial charge in [-0.1, -0.05) is 19.8 Å². The molecule has 0 aromatic heterocycles. The smallest absolute Gasteiger partial charge is 0.319 e. The number of nitrogens with one attached hydrogen (secondary N) is 1. The van der Waals surface area contributed by atoms with Crippen LogP contribution in [0.25, 0.3) is 0 Å². The van der Waals surface area contributed by atoms with Gasteiger partial charge < -0.3 is 11.1 Å². The van der Waals surface area contributed by atoms with Crippen molar-refractivity contribution in [2.75, 3.05) is 13.1 Å². The number of halogens is 4. The van der Waals surface area contributed by atoms with Crippen LogP contribution >= 0.6 is 0 Å². The van der Waals surface area contributed by atoms with Crippen LogP contribution in [0.4, 0.5) is 17.6 Å². The summed E-state index contributed by atoms with van der Waals surface area (Å²) in [5.41, 5.74) is 5.53. The Morgan fingerprint density at radius 3 is 2.65 bits per heavy atom. The first-order valence-electron chi connectivity index (χ1n) is 5.91. The van der Waals surface area contributed by atoms with Crippen molar-refractivity contribution < 1.29 is 17.6 Å². The zero-order valence-corrected chi connectivity index (χ0v) is 9.99. The lowest BCUT2D eigenvalue weighted by Crippen LogP contribution is -2.53. The number of nitrogens with two attached hydrogens (primary N) is 1. The molecule has 17 heavy (non-hydrogen) atoms. The molecule has 2 unspecified atom stereocenters. The van der Waals surface area contributed by atoms with Gasteiger partial charge in [-0.3, -0.25) is 0 Å². The molecule has 2 atom stereocenters. The van der Waals surface area contributed by atoms with Crippen molar-refractivity contribution >= 4 is 0 Å². The molecule has 6 heteroatoms. The molecule has 3 N–H and O–H groups in total. The van der Waals surface area contributed by atoms with Gasteiger partial charge in [-0.15, -0.1) is 0 Å². The largest absolute Gasteiger partial charge is 0.324 e. The molecule has 102 valence electrons. The van der Waals surface area contributed by atoms with Gasteiger partial charge in [0, 0.05) is 12.1 Å². The lowest BCUT2D eigenvalue weighted by atomic mass is 9.77. The summed E-state index contributed by atoms with van der Waals surface area (Å²) < 4.78 is 49.1. The van der Waals surface area contributed by atoms with Gasteiger partial charge in [-0.05, 0) is 18.8 Å². The average molecular weight is 256 g/mol. The van der Waals surface area contributed by atoms with Crippen LogP contribution in [0.1, 0.15) is 32.6 Å². The van der Waals surface area contributed by atoms with Gasteiger partial charge in [0.2, 0.25) is 0 Å². The minimum Gasteiger partial charge on any atom is -0.324 e. The lowest BCUT2D eigenvalue weighted by molar-refractivity contribution is -0.125. The van der Waals surface area contributed by atoms with Crippen molar-refractivity contribution in [3.63, 3.8) is 0 Å². The number of hydrogen-bond donors (Lipinski definition) is 2. The summed E-state index contributed by atoms with van der Waals surface area (Å²) in [5.74, 6) is -3.51. The van der Waals surface area contributed by atoms with Gasteiger partial charge in [0.25, 0.3) is 0 Å². The molecule has 2 nitrogen and oxygen atoms in total. The van der Waals surface area contributed by atoms with Crippen LogP contribution in [0.2, 0.25) is 0 Å². The van der Waals surface area contributed by atoms with Gasteiger partial charge in [-0.2, -0.15) is 8.78 Å². The summed E-state index contributed by atoms with van der Waals surface area (Å²) in [4.78, 5) is 0. The second-order valence-electron chi connectivity index (χ2n) is 5.23. The Morgan fingerprint density at radius 2 is 2.12 bits per heavy atom. The summed E-state index contributed by atoms with van der Waals surface area (Å²) in [6.07, 6.45) is -0.0734. The summed E-state index contributed by atoms with van der Waals surface area (Å²) in [6, 6.07) is 0. The lowest BCUT2D eigenvalue weighted by Gasteiger charge is -2.37. The highest BCUT2D eigenvalue weighted by Gasteiger charge is 2.41. The van der Waals surface area contributed by atoms with E-state index in [0.29, 0.717) is 5.92 Å². The van der Waals surface area contributed by atoms with E-state index in [1.807, 2.05) is 0 Å². The molecule has 0 aromatic rings. The molecule has 0 heterocycles. The second kappa shape index (κ2) is 5.52. The normalized spacial score (nSPS) is 30.9. The first-order chi connectivity index (χ1) is 7.75. The number of hydrogen-bond acceptors (Lipinski definition) is 2. The van der Waals surface area contributed by atoms with Gasteiger partial charge in [0.15, 0.2) is 0 Å². The zero-order chi connectivity index (χ0) is 13.1. The van der Waals surface area contributed by atoms with E-state index < -0.39 is 24.4 Å². The van der Waals surface area contributed by atoms with E-state index in [-0.39, 0.29) is 6.54 Å². The summed E-state index contributed by atoms with van der Waals surface area (Å²) in [6.45, 7) is 1.21. The Bertz CT molecular complexity index is 248. The van der Waals surface area contributed by atoms with Crippen LogP contribution in [0, 0.1) is 5.92 Å². The fourth-order valence-corrected chi connectivity index (χ4v) is 2.42. The third kappa shape index (κ3) is 4.43. The Morgan fingerprint density at radius 1 is 1.47 bits per heavy atom. The van der Waals surface area contributed by atoms with Crippen molar-refractivity contribution in [2.24, 2.45) is 11.7 Å². The van der Waals surface area contributed by atoms with E-state index in [0.717, 1.165) is 25.7 Å². The van der Waals surface area contributed by atoms with Crippen molar-refractivity contribution in [2.45, 2.75) is 50.5 Å². The van der Waals surface area contributed by atoms with Crippen LogP contribution in [-0.4, -0.2) is 31.0 Å². The molecule has 0 aliphatic heterocycles. The summed E-state index contributed by atoms with van der Waals surface area (Å²) in [5, 5.41) is 2.38. The van der Waals surface area contributed by atoms with Gasteiger partial charge >= 0.3 is 12.3 Å². The maximum atomic E-state index is 12.6. The standard InChI is InChI=1S/C11H20F4N2/c1-8-3-2-4-10(16,5-8)6-17-7-11(14,15)9(12)13/h8-9,17H,2-7,16H2,1H3. The Labute approximate surface area is 98.9 Å². The molecule has 1 saturated carbocycles. The highest BCUT2D eigenvalue weighted by atomic mass is 19.3. The maximum absolute atomic E-state index is 12.6. The quantitative estimate of drug-likeness (QED) is 0.741. The molecular weight excluding hydrogens is 236 g/mol. The van der Waals surface area contributed by atoms with E-state index in [4.69, 9.17) is 5.73 Å². The number of alkyl halides is 4. The molecule has 0 aromatic carbocycles. The SMILES string of the molecule is CC1CCCC(N)(CNCC(F)(F)C(F)F)C1. The molecule has 0 saturated heterocycles. The first kappa shape index (κ1) is 14.7. The van der Waals surface area contributed by atoms with Crippen LogP contribution < -0.4 is 11.1 Å². The van der Waals surface area contributed by atoms with Crippen molar-refractivity contribution in [3.8, 4) is 0 Å². The van der Waals surface area contributed by atoms with Crippen LogP contribution in [0.5, 0.6) is 0 Å². The Hall–Kier alpha value is -0.360. The first-order valence-corrected chi connectivity index (χ1v) is 5.91. The summed E-state index contributed by atoms with van der Waals surface area (Å²) in [7, 11) is 0. The van der Waals surface area contributed by atoms with E-state index in [1.165, 1.54) is 0 Å². The predicted molar refractivity (Wildman–Crippen MR) is 58.4 cm³/mol. The minimum atomic E-state index is -3.98. The van der Waals surface area contributed by atoms with Gasteiger partial charge in [-0.25, -0.2) is 8.78 Å². The van der Waals surface area contributed by atoms with Crippen LogP contribution in [-0.2, 0) is 0 Å². The highest BCUT2D eigenvalue weighted by molar-refractivity contribution is 4.92. The molecule has 1 aliphatic carbocycles. The fraction of sp³-hybridized carbons (Fsp3) is 1.00. The molecule has 1 fully saturated rings. The molecule has 0 spiro atoms. The predicted octanol–water partition coefficient (Wildman–Crippen LogP) is 2.38. The molecule has 1 aliphatic rings. The molecule has 0 amide bonds. The monoisotopic (exact) mass is 256 g/mol. The third-order valence-electron chi connectivity index (χ3n) is 3.28. The van der Waals surface area contributed by atoms with Gasteiger partial charge in [0.05, 0.1) is 6.54 Å². The molecule has 1 rings (SSSR count). The summed E-state index contributed by atoms with van der Waals surface area (Å²) >= 11 is 0. The van der Waals surface area contributed by atoms with E-state index >= 15 is 0 Å². The van der Waals surface area contributed by atoms with Crippen molar-refractivity contribution in [1.29, 1.82) is 0 Å². The van der Waals surface area contributed by atoms with Crippen LogP contribution in [0.3, 0.4) is 0 Å². The Balaban J connectivity index is 2.35. The van der Waals surface area contributed by atoms with E-state index in [2.05, 4.69) is 12.2 Å². The second-order valence-corrected chi connectivity index (χ2v) is 5.23. The Kier molecular flexibility index (Phi) is 4.77. The third-order valence-corrected chi connectivity index (χ3v) is 3.28. The molecular formula is C11H20F4N2. The topological polar surface area (TPSA) is 38.0 Å².